The van der Waals surface area contributed by atoms with Crippen LogP contribution in [0.25, 0.3) is 10.8 Å². The molecule has 0 spiro atoms. The van der Waals surface area contributed by atoms with Crippen molar-refractivity contribution in [3.05, 3.63) is 70.7 Å². The maximum atomic E-state index is 12.8. The van der Waals surface area contributed by atoms with E-state index in [9.17, 15) is 4.79 Å². The Morgan fingerprint density at radius 1 is 0.862 bits per heavy atom. The molecule has 6 heteroatoms. The second-order valence-electron chi connectivity index (χ2n) is 6.49. The first-order valence-electron chi connectivity index (χ1n) is 9.16. The minimum absolute atomic E-state index is 0.0971. The van der Waals surface area contributed by atoms with Crippen molar-refractivity contribution in [2.45, 2.75) is 13.0 Å². The summed E-state index contributed by atoms with van der Waals surface area (Å²) >= 11 is 0. The van der Waals surface area contributed by atoms with Crippen LogP contribution >= 0.6 is 0 Å². The van der Waals surface area contributed by atoms with Crippen molar-refractivity contribution in [3.8, 4) is 23.0 Å². The van der Waals surface area contributed by atoms with Gasteiger partial charge in [0.15, 0.2) is 23.0 Å². The maximum absolute atomic E-state index is 12.8. The highest BCUT2D eigenvalue weighted by Gasteiger charge is 2.15. The van der Waals surface area contributed by atoms with Crippen LogP contribution < -0.4 is 24.5 Å². The Balaban J connectivity index is 2.24. The smallest absolute Gasteiger partial charge is 0.251 e. The fourth-order valence-corrected chi connectivity index (χ4v) is 3.46. The van der Waals surface area contributed by atoms with E-state index in [1.165, 1.54) is 0 Å². The summed E-state index contributed by atoms with van der Waals surface area (Å²) in [6.45, 7) is 4.20. The molecular weight excluding hydrogens is 370 g/mol. The summed E-state index contributed by atoms with van der Waals surface area (Å²) in [7, 11) is 6.37. The molecule has 0 amide bonds. The molecule has 0 N–H and O–H groups in total. The lowest BCUT2D eigenvalue weighted by molar-refractivity contribution is 0.354. The largest absolute Gasteiger partial charge is 0.493 e. The fraction of sp³-hybridized carbons (Fsp3) is 0.261. The Kier molecular flexibility index (Phi) is 6.12. The van der Waals surface area contributed by atoms with E-state index in [2.05, 4.69) is 6.58 Å². The number of fused-ring (bicyclic) bond motifs is 1. The topological polar surface area (TPSA) is 58.9 Å². The van der Waals surface area contributed by atoms with Crippen molar-refractivity contribution in [1.82, 2.24) is 4.57 Å². The van der Waals surface area contributed by atoms with Crippen LogP contribution in [-0.2, 0) is 13.0 Å². The van der Waals surface area contributed by atoms with E-state index in [1.807, 2.05) is 30.3 Å². The third-order valence-corrected chi connectivity index (χ3v) is 4.87. The fourth-order valence-electron chi connectivity index (χ4n) is 3.46. The highest BCUT2D eigenvalue weighted by molar-refractivity contribution is 5.88. The van der Waals surface area contributed by atoms with E-state index in [0.29, 0.717) is 36.0 Å². The second kappa shape index (κ2) is 8.73. The number of allylic oxidation sites excluding steroid dienone is 1. The molecule has 3 aromatic rings. The monoisotopic (exact) mass is 395 g/mol. The van der Waals surface area contributed by atoms with E-state index in [-0.39, 0.29) is 5.56 Å². The van der Waals surface area contributed by atoms with Gasteiger partial charge in [-0.05, 0) is 35.2 Å². The lowest BCUT2D eigenvalue weighted by Crippen LogP contribution is -2.23. The lowest BCUT2D eigenvalue weighted by Gasteiger charge is -2.17. The first-order valence-corrected chi connectivity index (χ1v) is 9.16. The number of benzene rings is 2. The summed E-state index contributed by atoms with van der Waals surface area (Å²) in [4.78, 5) is 12.8. The summed E-state index contributed by atoms with van der Waals surface area (Å²) in [5.74, 6) is 2.49. The number of ether oxygens (including phenoxy) is 4. The molecular formula is C23H25NO5. The number of hydrogen-bond acceptors (Lipinski definition) is 5. The van der Waals surface area contributed by atoms with Gasteiger partial charge in [0, 0.05) is 30.1 Å². The van der Waals surface area contributed by atoms with Crippen molar-refractivity contribution < 1.29 is 18.9 Å². The molecule has 0 bridgehead atoms. The molecule has 1 aromatic heterocycles. The standard InChI is InChI=1S/C23H25NO5/c1-6-9-24-18(10-15-7-8-19(26-2)20(11-15)27-3)17-14-22(29-5)21(28-4)12-16(17)13-23(24)25/h6-8,11-14H,1,9-10H2,2-5H3. The van der Waals surface area contributed by atoms with Crippen molar-refractivity contribution in [2.24, 2.45) is 0 Å². The highest BCUT2D eigenvalue weighted by atomic mass is 16.5. The summed E-state index contributed by atoms with van der Waals surface area (Å²) in [6, 6.07) is 11.1. The molecule has 29 heavy (non-hydrogen) atoms. The molecule has 2 aromatic carbocycles. The minimum atomic E-state index is -0.0971. The predicted molar refractivity (Wildman–Crippen MR) is 114 cm³/mol. The molecule has 0 unspecified atom stereocenters. The number of hydrogen-bond donors (Lipinski definition) is 0. The molecule has 0 saturated heterocycles. The van der Waals surface area contributed by atoms with Crippen LogP contribution in [0.5, 0.6) is 23.0 Å². The Labute approximate surface area is 169 Å². The number of aromatic nitrogens is 1. The molecule has 3 rings (SSSR count). The molecule has 0 aliphatic carbocycles. The molecule has 6 nitrogen and oxygen atoms in total. The number of pyridine rings is 1. The summed E-state index contributed by atoms with van der Waals surface area (Å²) in [5, 5.41) is 1.71. The van der Waals surface area contributed by atoms with Crippen molar-refractivity contribution >= 4 is 10.8 Å². The third kappa shape index (κ3) is 3.92. The van der Waals surface area contributed by atoms with Crippen LogP contribution in [0, 0.1) is 0 Å². The van der Waals surface area contributed by atoms with Crippen molar-refractivity contribution in [2.75, 3.05) is 28.4 Å². The van der Waals surface area contributed by atoms with E-state index < -0.39 is 0 Å². The van der Waals surface area contributed by atoms with E-state index in [1.54, 1.807) is 45.1 Å². The number of rotatable bonds is 8. The summed E-state index contributed by atoms with van der Waals surface area (Å²) in [6.07, 6.45) is 2.24. The van der Waals surface area contributed by atoms with Gasteiger partial charge in [-0.3, -0.25) is 4.79 Å². The molecule has 0 atom stereocenters. The second-order valence-corrected chi connectivity index (χ2v) is 6.49. The van der Waals surface area contributed by atoms with E-state index in [4.69, 9.17) is 18.9 Å². The highest BCUT2D eigenvalue weighted by Crippen LogP contribution is 2.34. The zero-order valence-electron chi connectivity index (χ0n) is 17.2. The van der Waals surface area contributed by atoms with Gasteiger partial charge < -0.3 is 23.5 Å². The molecule has 0 fully saturated rings. The average molecular weight is 395 g/mol. The molecule has 1 heterocycles. The zero-order valence-corrected chi connectivity index (χ0v) is 17.2. The molecule has 0 saturated carbocycles. The molecule has 0 radical (unpaired) electrons. The third-order valence-electron chi connectivity index (χ3n) is 4.87. The van der Waals surface area contributed by atoms with Crippen LogP contribution in [0.1, 0.15) is 11.3 Å². The first kappa shape index (κ1) is 20.3. The van der Waals surface area contributed by atoms with E-state index >= 15 is 0 Å². The van der Waals surface area contributed by atoms with Gasteiger partial charge >= 0.3 is 0 Å². The van der Waals surface area contributed by atoms with Gasteiger partial charge in [0.2, 0.25) is 0 Å². The molecule has 0 aliphatic heterocycles. The Morgan fingerprint density at radius 2 is 1.48 bits per heavy atom. The van der Waals surface area contributed by atoms with Crippen molar-refractivity contribution in [1.29, 1.82) is 0 Å². The number of methoxy groups -OCH3 is 4. The van der Waals surface area contributed by atoms with Gasteiger partial charge in [-0.2, -0.15) is 0 Å². The van der Waals surface area contributed by atoms with Crippen LogP contribution in [0.15, 0.2) is 53.8 Å². The van der Waals surface area contributed by atoms with E-state index in [0.717, 1.165) is 22.0 Å². The van der Waals surface area contributed by atoms with Gasteiger partial charge in [-0.25, -0.2) is 0 Å². The normalized spacial score (nSPS) is 10.6. The first-order chi connectivity index (χ1) is 14.1. The van der Waals surface area contributed by atoms with Crippen LogP contribution in [0.3, 0.4) is 0 Å². The molecule has 152 valence electrons. The zero-order chi connectivity index (χ0) is 21.0. The van der Waals surface area contributed by atoms with Gasteiger partial charge in [0.1, 0.15) is 0 Å². The van der Waals surface area contributed by atoms with Crippen LogP contribution in [0.2, 0.25) is 0 Å². The average Bonchev–Trinajstić information content (AvgIpc) is 2.75. The van der Waals surface area contributed by atoms with Gasteiger partial charge in [0.25, 0.3) is 5.56 Å². The predicted octanol–water partition coefficient (Wildman–Crippen LogP) is 3.81. The minimum Gasteiger partial charge on any atom is -0.493 e. The van der Waals surface area contributed by atoms with Crippen molar-refractivity contribution in [3.63, 3.8) is 0 Å². The maximum Gasteiger partial charge on any atom is 0.251 e. The van der Waals surface area contributed by atoms with Crippen LogP contribution in [0.4, 0.5) is 0 Å². The quantitative estimate of drug-likeness (QED) is 0.543. The Hall–Kier alpha value is -3.41. The van der Waals surface area contributed by atoms with Gasteiger partial charge in [-0.15, -0.1) is 6.58 Å². The SMILES string of the molecule is C=CCn1c(Cc2ccc(OC)c(OC)c2)c2cc(OC)c(OC)cc2cc1=O. The Morgan fingerprint density at radius 3 is 2.10 bits per heavy atom. The Bertz CT molecular complexity index is 1100. The summed E-state index contributed by atoms with van der Waals surface area (Å²) in [5.41, 5.74) is 1.75. The van der Waals surface area contributed by atoms with Crippen LogP contribution in [-0.4, -0.2) is 33.0 Å². The number of nitrogens with zero attached hydrogens (tertiary/aromatic N) is 1. The van der Waals surface area contributed by atoms with Gasteiger partial charge in [-0.1, -0.05) is 12.1 Å². The lowest BCUT2D eigenvalue weighted by atomic mass is 10.0. The molecule has 0 aliphatic rings. The van der Waals surface area contributed by atoms with Gasteiger partial charge in [0.05, 0.1) is 28.4 Å². The summed E-state index contributed by atoms with van der Waals surface area (Å²) < 4.78 is 23.3.